The zero-order valence-electron chi connectivity index (χ0n) is 21.8. The summed E-state index contributed by atoms with van der Waals surface area (Å²) >= 11 is 0. The van der Waals surface area contributed by atoms with Gasteiger partial charge >= 0.3 is 0 Å². The van der Waals surface area contributed by atoms with Gasteiger partial charge in [0, 0.05) is 48.9 Å². The third-order valence-corrected chi connectivity index (χ3v) is 7.89. The Morgan fingerprint density at radius 3 is 2.32 bits per heavy atom. The second-order valence-corrected chi connectivity index (χ2v) is 10.9. The fraction of sp³-hybridized carbons (Fsp3) is 0.387. The number of hydrogen-bond acceptors (Lipinski definition) is 4. The van der Waals surface area contributed by atoms with Crippen LogP contribution in [0.4, 0.5) is 10.1 Å². The Labute approximate surface area is 223 Å². The van der Waals surface area contributed by atoms with Gasteiger partial charge in [-0.3, -0.25) is 14.6 Å². The highest BCUT2D eigenvalue weighted by molar-refractivity contribution is 5.93. The van der Waals surface area contributed by atoms with Crippen molar-refractivity contribution in [2.24, 2.45) is 11.7 Å². The first kappa shape index (κ1) is 26.0. The molecule has 0 aliphatic heterocycles. The molecule has 2 amide bonds. The first-order valence-electron chi connectivity index (χ1n) is 13.5. The Hall–Kier alpha value is -3.58. The number of amides is 2. The van der Waals surface area contributed by atoms with E-state index in [2.05, 4.69) is 10.6 Å². The largest absolute Gasteiger partial charge is 0.354 e. The molecule has 0 unspecified atom stereocenters. The van der Waals surface area contributed by atoms with Gasteiger partial charge in [0.25, 0.3) is 0 Å². The van der Waals surface area contributed by atoms with E-state index in [9.17, 15) is 14.0 Å². The van der Waals surface area contributed by atoms with Crippen LogP contribution in [-0.2, 0) is 15.1 Å². The van der Waals surface area contributed by atoms with Gasteiger partial charge in [0.15, 0.2) is 0 Å². The van der Waals surface area contributed by atoms with Crippen LogP contribution >= 0.6 is 0 Å². The number of nitrogens with one attached hydrogen (secondary N) is 2. The zero-order chi connectivity index (χ0) is 26.7. The number of alkyl halides is 1. The molecule has 0 saturated heterocycles. The number of halogens is 1. The van der Waals surface area contributed by atoms with Crippen LogP contribution in [0.5, 0.6) is 0 Å². The van der Waals surface area contributed by atoms with Gasteiger partial charge in [-0.25, -0.2) is 4.39 Å². The van der Waals surface area contributed by atoms with Crippen molar-refractivity contribution in [3.05, 3.63) is 72.4 Å². The second kappa shape index (κ2) is 11.0. The summed E-state index contributed by atoms with van der Waals surface area (Å²) in [5.41, 5.74) is 11.0. The van der Waals surface area contributed by atoms with E-state index in [0.29, 0.717) is 30.9 Å². The number of carbonyl (C=O) groups excluding carboxylic acids is 2. The van der Waals surface area contributed by atoms with Crippen LogP contribution < -0.4 is 16.4 Å². The summed E-state index contributed by atoms with van der Waals surface area (Å²) in [6, 6.07) is 20.1. The van der Waals surface area contributed by atoms with Crippen molar-refractivity contribution in [3.63, 3.8) is 0 Å². The minimum atomic E-state index is -0.826. The molecule has 3 aromatic rings. The Morgan fingerprint density at radius 2 is 1.68 bits per heavy atom. The molecule has 198 valence electrons. The summed E-state index contributed by atoms with van der Waals surface area (Å²) in [4.78, 5) is 28.9. The highest BCUT2D eigenvalue weighted by Crippen LogP contribution is 2.42. The van der Waals surface area contributed by atoms with Gasteiger partial charge in [-0.2, -0.15) is 0 Å². The fourth-order valence-corrected chi connectivity index (χ4v) is 5.80. The Bertz CT molecular complexity index is 1280. The summed E-state index contributed by atoms with van der Waals surface area (Å²) in [5, 5.41) is 6.03. The van der Waals surface area contributed by atoms with Crippen molar-refractivity contribution in [3.8, 4) is 22.4 Å². The number of nitrogens with two attached hydrogens (primary N) is 1. The monoisotopic (exact) mass is 514 g/mol. The van der Waals surface area contributed by atoms with Crippen LogP contribution in [0.15, 0.2) is 66.9 Å². The molecule has 5 rings (SSSR count). The van der Waals surface area contributed by atoms with Crippen molar-refractivity contribution in [2.45, 2.75) is 69.6 Å². The third kappa shape index (κ3) is 5.94. The second-order valence-electron chi connectivity index (χ2n) is 10.9. The van der Waals surface area contributed by atoms with E-state index in [0.717, 1.165) is 53.6 Å². The molecule has 0 radical (unpaired) electrons. The lowest BCUT2D eigenvalue weighted by atomic mass is 9.71. The molecule has 2 aliphatic carbocycles. The number of anilines is 1. The molecule has 2 aliphatic rings. The number of nitrogens with zero attached hydrogens (tertiary/aromatic N) is 1. The smallest absolute Gasteiger partial charge is 0.224 e. The van der Waals surface area contributed by atoms with Crippen molar-refractivity contribution in [2.75, 3.05) is 5.32 Å². The van der Waals surface area contributed by atoms with E-state index in [-0.39, 0.29) is 17.9 Å². The normalized spacial score (nSPS) is 24.8. The first-order chi connectivity index (χ1) is 18.3. The lowest BCUT2D eigenvalue weighted by Gasteiger charge is -2.41. The van der Waals surface area contributed by atoms with E-state index in [4.69, 9.17) is 10.7 Å². The highest BCUT2D eigenvalue weighted by atomic mass is 19.1. The topological polar surface area (TPSA) is 97.1 Å². The summed E-state index contributed by atoms with van der Waals surface area (Å²) in [6.45, 7) is 1.55. The van der Waals surface area contributed by atoms with Crippen LogP contribution in [0.25, 0.3) is 22.4 Å². The Kier molecular flexibility index (Phi) is 7.56. The van der Waals surface area contributed by atoms with Crippen molar-refractivity contribution in [1.82, 2.24) is 10.3 Å². The minimum Gasteiger partial charge on any atom is -0.354 e. The predicted octanol–water partition coefficient (Wildman–Crippen LogP) is 5.73. The van der Waals surface area contributed by atoms with E-state index in [1.807, 2.05) is 60.7 Å². The molecule has 7 heteroatoms. The van der Waals surface area contributed by atoms with Gasteiger partial charge in [-0.05, 0) is 48.8 Å². The quantitative estimate of drug-likeness (QED) is 0.375. The predicted molar refractivity (Wildman–Crippen MR) is 148 cm³/mol. The Morgan fingerprint density at radius 1 is 1.00 bits per heavy atom. The van der Waals surface area contributed by atoms with Gasteiger partial charge in [-0.15, -0.1) is 0 Å². The molecule has 0 spiro atoms. The summed E-state index contributed by atoms with van der Waals surface area (Å²) in [5.74, 6) is 0.295. The number of pyridine rings is 1. The van der Waals surface area contributed by atoms with E-state index in [1.165, 1.54) is 0 Å². The van der Waals surface area contributed by atoms with Crippen LogP contribution in [0, 0.1) is 5.92 Å². The summed E-state index contributed by atoms with van der Waals surface area (Å²) in [6.07, 6.45) is 5.70. The minimum absolute atomic E-state index is 0.00361. The maximum atomic E-state index is 13.5. The highest BCUT2D eigenvalue weighted by Gasteiger charge is 2.42. The van der Waals surface area contributed by atoms with E-state index >= 15 is 0 Å². The Balaban J connectivity index is 1.31. The van der Waals surface area contributed by atoms with Crippen LogP contribution in [0.3, 0.4) is 0 Å². The van der Waals surface area contributed by atoms with Crippen LogP contribution in [-0.4, -0.2) is 29.0 Å². The molecule has 4 N–H and O–H groups in total. The molecule has 2 aromatic carbocycles. The van der Waals surface area contributed by atoms with Crippen molar-refractivity contribution < 1.29 is 14.0 Å². The van der Waals surface area contributed by atoms with Gasteiger partial charge in [0.2, 0.25) is 11.8 Å². The number of benzene rings is 2. The van der Waals surface area contributed by atoms with Gasteiger partial charge in [0.1, 0.15) is 6.17 Å². The maximum Gasteiger partial charge on any atom is 0.224 e. The average molecular weight is 515 g/mol. The first-order valence-corrected chi connectivity index (χ1v) is 13.5. The summed E-state index contributed by atoms with van der Waals surface area (Å²) in [7, 11) is 0. The van der Waals surface area contributed by atoms with Gasteiger partial charge in [-0.1, -0.05) is 54.6 Å². The number of rotatable bonds is 7. The number of carbonyl (C=O) groups is 2. The fourth-order valence-electron chi connectivity index (χ4n) is 5.80. The SMILES string of the molecule is CC(=O)N[C@H]1CC[C@H](CC(=O)Nc2cnc(-c3ccc([C@]4(N)C[C@H](F)C4)cc3)c(-c3ccccc3)c2)CC1. The molecule has 0 bridgehead atoms. The zero-order valence-corrected chi connectivity index (χ0v) is 21.8. The van der Waals surface area contributed by atoms with E-state index < -0.39 is 11.7 Å². The van der Waals surface area contributed by atoms with Crippen LogP contribution in [0.2, 0.25) is 0 Å². The number of aromatic nitrogens is 1. The lowest BCUT2D eigenvalue weighted by Crippen LogP contribution is -2.50. The summed E-state index contributed by atoms with van der Waals surface area (Å²) < 4.78 is 13.5. The van der Waals surface area contributed by atoms with Gasteiger partial charge < -0.3 is 16.4 Å². The molecule has 0 atom stereocenters. The van der Waals surface area contributed by atoms with Crippen molar-refractivity contribution >= 4 is 17.5 Å². The molecule has 2 saturated carbocycles. The number of hydrogen-bond donors (Lipinski definition) is 3. The molecular formula is C31H35FN4O2. The van der Waals surface area contributed by atoms with Crippen molar-refractivity contribution in [1.29, 1.82) is 0 Å². The van der Waals surface area contributed by atoms with E-state index in [1.54, 1.807) is 13.1 Å². The van der Waals surface area contributed by atoms with Gasteiger partial charge in [0.05, 0.1) is 17.6 Å². The molecule has 2 fully saturated rings. The molecular weight excluding hydrogens is 479 g/mol. The third-order valence-electron chi connectivity index (χ3n) is 7.89. The molecule has 38 heavy (non-hydrogen) atoms. The molecule has 6 nitrogen and oxygen atoms in total. The van der Waals surface area contributed by atoms with Crippen LogP contribution in [0.1, 0.15) is 57.4 Å². The average Bonchev–Trinajstić information content (AvgIpc) is 2.89. The standard InChI is InChI=1S/C31H35FN4O2/c1-20(37)35-26-13-7-21(8-14-26)15-29(38)36-27-16-28(22-5-3-2-4-6-22)30(34-19-27)23-9-11-24(12-10-23)31(33)17-25(32)18-31/h2-6,9-12,16,19,21,25-26H,7-8,13-15,17-18,33H2,1H3,(H,35,37)(H,36,38)/t21-,25-,26-,31-. The lowest BCUT2D eigenvalue weighted by molar-refractivity contribution is -0.120. The molecule has 1 heterocycles. The molecule has 1 aromatic heterocycles. The maximum absolute atomic E-state index is 13.5.